The van der Waals surface area contributed by atoms with Crippen LogP contribution < -0.4 is 14.8 Å². The molecule has 0 aliphatic heterocycles. The van der Waals surface area contributed by atoms with Gasteiger partial charge in [0.15, 0.2) is 0 Å². The van der Waals surface area contributed by atoms with Crippen molar-refractivity contribution in [3.8, 4) is 11.5 Å². The smallest absolute Gasteiger partial charge is 0.127 e. The first-order valence-electron chi connectivity index (χ1n) is 7.21. The zero-order chi connectivity index (χ0) is 14.1. The third-order valence-corrected chi connectivity index (χ3v) is 3.38. The van der Waals surface area contributed by atoms with E-state index in [1.54, 1.807) is 7.11 Å². The van der Waals surface area contributed by atoms with Crippen molar-refractivity contribution in [2.24, 2.45) is 0 Å². The van der Waals surface area contributed by atoms with Gasteiger partial charge < -0.3 is 14.8 Å². The van der Waals surface area contributed by atoms with Crippen LogP contribution in [0.1, 0.15) is 51.1 Å². The van der Waals surface area contributed by atoms with Crippen molar-refractivity contribution < 1.29 is 9.47 Å². The highest BCUT2D eigenvalue weighted by molar-refractivity contribution is 5.42. The molecule has 0 saturated carbocycles. The summed E-state index contributed by atoms with van der Waals surface area (Å²) in [7, 11) is 3.64. The van der Waals surface area contributed by atoms with Gasteiger partial charge in [-0.05, 0) is 26.5 Å². The maximum Gasteiger partial charge on any atom is 0.127 e. The third kappa shape index (κ3) is 5.11. The van der Waals surface area contributed by atoms with Crippen LogP contribution in [0.4, 0.5) is 0 Å². The zero-order valence-corrected chi connectivity index (χ0v) is 12.7. The molecule has 108 valence electrons. The predicted molar refractivity (Wildman–Crippen MR) is 80.1 cm³/mol. The standard InChI is InChI=1S/C16H27NO2/c1-5-6-7-8-11-19-16-12-14(18-4)9-10-15(16)13(2)17-3/h9-10,12-13,17H,5-8,11H2,1-4H3. The summed E-state index contributed by atoms with van der Waals surface area (Å²) in [6.45, 7) is 5.12. The van der Waals surface area contributed by atoms with E-state index in [0.29, 0.717) is 0 Å². The Morgan fingerprint density at radius 1 is 1.21 bits per heavy atom. The van der Waals surface area contributed by atoms with Gasteiger partial charge in [-0.1, -0.05) is 32.3 Å². The summed E-state index contributed by atoms with van der Waals surface area (Å²) in [4.78, 5) is 0. The molecule has 3 heteroatoms. The summed E-state index contributed by atoms with van der Waals surface area (Å²) < 4.78 is 11.2. The Hall–Kier alpha value is -1.22. The molecule has 0 amide bonds. The molecule has 0 aliphatic carbocycles. The van der Waals surface area contributed by atoms with Gasteiger partial charge in [0.25, 0.3) is 0 Å². The molecule has 0 spiro atoms. The first kappa shape index (κ1) is 15.8. The van der Waals surface area contributed by atoms with Gasteiger partial charge >= 0.3 is 0 Å². The fourth-order valence-electron chi connectivity index (χ4n) is 1.99. The van der Waals surface area contributed by atoms with Crippen molar-refractivity contribution in [2.75, 3.05) is 20.8 Å². The fourth-order valence-corrected chi connectivity index (χ4v) is 1.99. The van der Waals surface area contributed by atoms with E-state index in [1.165, 1.54) is 24.8 Å². The molecule has 1 aromatic carbocycles. The monoisotopic (exact) mass is 265 g/mol. The number of hydrogen-bond donors (Lipinski definition) is 1. The second-order valence-corrected chi connectivity index (χ2v) is 4.82. The van der Waals surface area contributed by atoms with Gasteiger partial charge in [-0.25, -0.2) is 0 Å². The van der Waals surface area contributed by atoms with Gasteiger partial charge in [-0.2, -0.15) is 0 Å². The largest absolute Gasteiger partial charge is 0.497 e. The van der Waals surface area contributed by atoms with Gasteiger partial charge in [0.1, 0.15) is 11.5 Å². The summed E-state index contributed by atoms with van der Waals surface area (Å²) >= 11 is 0. The quantitative estimate of drug-likeness (QED) is 0.686. The van der Waals surface area contributed by atoms with Crippen molar-refractivity contribution in [1.29, 1.82) is 0 Å². The minimum Gasteiger partial charge on any atom is -0.497 e. The lowest BCUT2D eigenvalue weighted by Gasteiger charge is -2.17. The zero-order valence-electron chi connectivity index (χ0n) is 12.7. The van der Waals surface area contributed by atoms with Crippen molar-refractivity contribution >= 4 is 0 Å². The Morgan fingerprint density at radius 3 is 2.63 bits per heavy atom. The molecular weight excluding hydrogens is 238 g/mol. The van der Waals surface area contributed by atoms with Crippen molar-refractivity contribution in [3.63, 3.8) is 0 Å². The van der Waals surface area contributed by atoms with Crippen LogP contribution in [-0.2, 0) is 0 Å². The van der Waals surface area contributed by atoms with Crippen LogP contribution in [0.25, 0.3) is 0 Å². The summed E-state index contributed by atoms with van der Waals surface area (Å²) in [5, 5.41) is 3.25. The minimum absolute atomic E-state index is 0.275. The van der Waals surface area contributed by atoms with Gasteiger partial charge in [0.05, 0.1) is 13.7 Å². The number of hydrogen-bond acceptors (Lipinski definition) is 3. The van der Waals surface area contributed by atoms with Crippen molar-refractivity contribution in [3.05, 3.63) is 23.8 Å². The summed E-state index contributed by atoms with van der Waals surface area (Å²) in [5.41, 5.74) is 1.18. The van der Waals surface area contributed by atoms with Gasteiger partial charge in [-0.15, -0.1) is 0 Å². The van der Waals surface area contributed by atoms with Crippen LogP contribution in [0, 0.1) is 0 Å². The van der Waals surface area contributed by atoms with E-state index in [2.05, 4.69) is 25.2 Å². The van der Waals surface area contributed by atoms with E-state index in [1.807, 2.05) is 19.2 Å². The topological polar surface area (TPSA) is 30.5 Å². The second kappa shape index (κ2) is 8.81. The van der Waals surface area contributed by atoms with E-state index in [9.17, 15) is 0 Å². The Kier molecular flexibility index (Phi) is 7.34. The van der Waals surface area contributed by atoms with E-state index in [-0.39, 0.29) is 6.04 Å². The SMILES string of the molecule is CCCCCCOc1cc(OC)ccc1C(C)NC. The van der Waals surface area contributed by atoms with Gasteiger partial charge in [-0.3, -0.25) is 0 Å². The highest BCUT2D eigenvalue weighted by Crippen LogP contribution is 2.29. The molecule has 0 radical (unpaired) electrons. The first-order valence-corrected chi connectivity index (χ1v) is 7.21. The second-order valence-electron chi connectivity index (χ2n) is 4.82. The van der Waals surface area contributed by atoms with Gasteiger partial charge in [0.2, 0.25) is 0 Å². The molecule has 0 heterocycles. The number of rotatable bonds is 9. The molecule has 1 N–H and O–H groups in total. The Balaban J connectivity index is 2.66. The van der Waals surface area contributed by atoms with E-state index in [0.717, 1.165) is 24.5 Å². The average molecular weight is 265 g/mol. The molecule has 0 aromatic heterocycles. The summed E-state index contributed by atoms with van der Waals surface area (Å²) in [6, 6.07) is 6.30. The first-order chi connectivity index (χ1) is 9.22. The minimum atomic E-state index is 0.275. The van der Waals surface area contributed by atoms with Crippen LogP contribution in [0.5, 0.6) is 11.5 Å². The van der Waals surface area contributed by atoms with Crippen LogP contribution in [0.3, 0.4) is 0 Å². The highest BCUT2D eigenvalue weighted by atomic mass is 16.5. The Morgan fingerprint density at radius 2 is 2.00 bits per heavy atom. The molecule has 1 atom stereocenters. The normalized spacial score (nSPS) is 12.2. The molecule has 19 heavy (non-hydrogen) atoms. The average Bonchev–Trinajstić information content (AvgIpc) is 2.46. The van der Waals surface area contributed by atoms with Crippen LogP contribution in [0.2, 0.25) is 0 Å². The molecule has 0 aliphatic rings. The van der Waals surface area contributed by atoms with Crippen molar-refractivity contribution in [2.45, 2.75) is 45.6 Å². The Labute approximate surface area is 117 Å². The number of ether oxygens (including phenoxy) is 2. The van der Waals surface area contributed by atoms with E-state index in [4.69, 9.17) is 9.47 Å². The van der Waals surface area contributed by atoms with Crippen molar-refractivity contribution in [1.82, 2.24) is 5.32 Å². The van der Waals surface area contributed by atoms with Crippen LogP contribution in [0.15, 0.2) is 18.2 Å². The number of benzene rings is 1. The van der Waals surface area contributed by atoms with Crippen LogP contribution in [-0.4, -0.2) is 20.8 Å². The van der Waals surface area contributed by atoms with Gasteiger partial charge in [0, 0.05) is 17.7 Å². The predicted octanol–water partition coefficient (Wildman–Crippen LogP) is 3.93. The lowest BCUT2D eigenvalue weighted by atomic mass is 10.1. The van der Waals surface area contributed by atoms with Crippen LogP contribution >= 0.6 is 0 Å². The lowest BCUT2D eigenvalue weighted by Crippen LogP contribution is -2.14. The van der Waals surface area contributed by atoms with E-state index >= 15 is 0 Å². The maximum absolute atomic E-state index is 5.93. The highest BCUT2D eigenvalue weighted by Gasteiger charge is 2.11. The number of nitrogens with one attached hydrogen (secondary N) is 1. The lowest BCUT2D eigenvalue weighted by molar-refractivity contribution is 0.297. The van der Waals surface area contributed by atoms with E-state index < -0.39 is 0 Å². The third-order valence-electron chi connectivity index (χ3n) is 3.38. The molecule has 0 fully saturated rings. The molecule has 0 bridgehead atoms. The molecular formula is C16H27NO2. The summed E-state index contributed by atoms with van der Waals surface area (Å²) in [5.74, 6) is 1.77. The molecule has 1 rings (SSSR count). The summed E-state index contributed by atoms with van der Waals surface area (Å²) in [6.07, 6.45) is 4.87. The molecule has 1 aromatic rings. The Bertz CT molecular complexity index is 366. The molecule has 0 saturated heterocycles. The number of methoxy groups -OCH3 is 1. The number of unbranched alkanes of at least 4 members (excludes halogenated alkanes) is 3. The fraction of sp³-hybridized carbons (Fsp3) is 0.625. The molecule has 3 nitrogen and oxygen atoms in total. The molecule has 1 unspecified atom stereocenters. The maximum atomic E-state index is 5.93.